The number of rotatable bonds is 6. The first kappa shape index (κ1) is 14.5. The van der Waals surface area contributed by atoms with E-state index in [9.17, 15) is 4.79 Å². The van der Waals surface area contributed by atoms with Crippen LogP contribution >= 0.6 is 0 Å². The van der Waals surface area contributed by atoms with Gasteiger partial charge in [-0.15, -0.1) is 0 Å². The number of nitrogens with zero attached hydrogens (tertiary/aromatic N) is 1. The minimum Gasteiger partial charge on any atom is -0.397 e. The first-order chi connectivity index (χ1) is 8.56. The van der Waals surface area contributed by atoms with Crippen molar-refractivity contribution in [1.82, 2.24) is 4.90 Å². The lowest BCUT2D eigenvalue weighted by Crippen LogP contribution is -2.33. The minimum absolute atomic E-state index is 0.0131. The summed E-state index contributed by atoms with van der Waals surface area (Å²) in [4.78, 5) is 14.0. The van der Waals surface area contributed by atoms with Crippen LogP contribution in [0.1, 0.15) is 25.8 Å². The van der Waals surface area contributed by atoms with Gasteiger partial charge >= 0.3 is 0 Å². The zero-order valence-electron chi connectivity index (χ0n) is 11.5. The van der Waals surface area contributed by atoms with Gasteiger partial charge in [0, 0.05) is 0 Å². The predicted molar refractivity (Wildman–Crippen MR) is 76.6 cm³/mol. The molecule has 0 heterocycles. The number of nitrogen functional groups attached to an aromatic ring is 1. The van der Waals surface area contributed by atoms with Crippen molar-refractivity contribution in [3.63, 3.8) is 0 Å². The van der Waals surface area contributed by atoms with Crippen LogP contribution in [0.2, 0.25) is 0 Å². The summed E-state index contributed by atoms with van der Waals surface area (Å²) in [6, 6.07) is 5.65. The van der Waals surface area contributed by atoms with Crippen molar-refractivity contribution in [3.05, 3.63) is 23.8 Å². The Kier molecular flexibility index (Phi) is 5.65. The highest BCUT2D eigenvalue weighted by Crippen LogP contribution is 2.19. The highest BCUT2D eigenvalue weighted by atomic mass is 16.2. The van der Waals surface area contributed by atoms with Crippen LogP contribution in [0.3, 0.4) is 0 Å². The average molecular weight is 249 g/mol. The summed E-state index contributed by atoms with van der Waals surface area (Å²) < 4.78 is 0. The molecule has 0 spiro atoms. The third kappa shape index (κ3) is 4.37. The maximum Gasteiger partial charge on any atom is 0.238 e. The van der Waals surface area contributed by atoms with Crippen molar-refractivity contribution in [3.8, 4) is 0 Å². The van der Waals surface area contributed by atoms with Gasteiger partial charge in [-0.05, 0) is 44.1 Å². The fourth-order valence-corrected chi connectivity index (χ4v) is 1.85. The van der Waals surface area contributed by atoms with Crippen LogP contribution in [0, 0.1) is 6.92 Å². The molecule has 0 saturated carbocycles. The van der Waals surface area contributed by atoms with Crippen LogP contribution in [0.5, 0.6) is 0 Å². The molecule has 0 radical (unpaired) electrons. The summed E-state index contributed by atoms with van der Waals surface area (Å²) in [5.74, 6) is -0.0131. The molecule has 0 unspecified atom stereocenters. The average Bonchev–Trinajstić information content (AvgIpc) is 2.32. The number of hydrogen-bond donors (Lipinski definition) is 2. The van der Waals surface area contributed by atoms with E-state index >= 15 is 0 Å². The predicted octanol–water partition coefficient (Wildman–Crippen LogP) is 2.25. The zero-order valence-corrected chi connectivity index (χ0v) is 11.5. The Balaban J connectivity index is 2.58. The Hall–Kier alpha value is -1.55. The second-order valence-corrected chi connectivity index (χ2v) is 4.51. The van der Waals surface area contributed by atoms with Crippen molar-refractivity contribution >= 4 is 17.3 Å². The lowest BCUT2D eigenvalue weighted by molar-refractivity contribution is -0.117. The van der Waals surface area contributed by atoms with Crippen LogP contribution in [0.4, 0.5) is 11.4 Å². The highest BCUT2D eigenvalue weighted by molar-refractivity contribution is 5.95. The Labute approximate surface area is 109 Å². The number of anilines is 2. The number of likely N-dealkylation sites (N-methyl/N-ethyl adjacent to an activating group) is 1. The Morgan fingerprint density at radius 1 is 1.39 bits per heavy atom. The van der Waals surface area contributed by atoms with Crippen molar-refractivity contribution < 1.29 is 4.79 Å². The summed E-state index contributed by atoms with van der Waals surface area (Å²) in [5.41, 5.74) is 8.26. The molecule has 0 fully saturated rings. The maximum atomic E-state index is 11.9. The highest BCUT2D eigenvalue weighted by Gasteiger charge is 2.09. The molecule has 1 rings (SSSR count). The summed E-state index contributed by atoms with van der Waals surface area (Å²) >= 11 is 0. The second-order valence-electron chi connectivity index (χ2n) is 4.51. The van der Waals surface area contributed by atoms with Gasteiger partial charge in [-0.25, -0.2) is 0 Å². The third-order valence-corrected chi connectivity index (χ3v) is 2.84. The van der Waals surface area contributed by atoms with Gasteiger partial charge in [0.05, 0.1) is 17.9 Å². The SMILES string of the molecule is CCCN(CC)CC(=O)Nc1ccc(C)cc1N. The number of nitrogens with two attached hydrogens (primary N) is 1. The molecule has 0 saturated heterocycles. The molecule has 0 aliphatic heterocycles. The van der Waals surface area contributed by atoms with E-state index < -0.39 is 0 Å². The van der Waals surface area contributed by atoms with Gasteiger partial charge in [0.25, 0.3) is 0 Å². The molecule has 4 heteroatoms. The van der Waals surface area contributed by atoms with Gasteiger partial charge in [-0.1, -0.05) is 19.9 Å². The number of nitrogens with one attached hydrogen (secondary N) is 1. The van der Waals surface area contributed by atoms with E-state index in [4.69, 9.17) is 5.73 Å². The summed E-state index contributed by atoms with van der Waals surface area (Å²) in [5, 5.41) is 2.86. The van der Waals surface area contributed by atoms with Gasteiger partial charge in [0.15, 0.2) is 0 Å². The van der Waals surface area contributed by atoms with Crippen LogP contribution in [0.25, 0.3) is 0 Å². The number of amides is 1. The fourth-order valence-electron chi connectivity index (χ4n) is 1.85. The molecular formula is C14H23N3O. The molecule has 18 heavy (non-hydrogen) atoms. The van der Waals surface area contributed by atoms with E-state index in [1.54, 1.807) is 0 Å². The van der Waals surface area contributed by atoms with Crippen LogP contribution in [-0.4, -0.2) is 30.4 Å². The molecule has 1 aromatic rings. The van der Waals surface area contributed by atoms with Gasteiger partial charge < -0.3 is 11.1 Å². The summed E-state index contributed by atoms with van der Waals surface area (Å²) in [7, 11) is 0. The molecule has 0 bridgehead atoms. The lowest BCUT2D eigenvalue weighted by Gasteiger charge is -2.19. The van der Waals surface area contributed by atoms with E-state index in [1.165, 1.54) is 0 Å². The second kappa shape index (κ2) is 7.01. The molecule has 100 valence electrons. The van der Waals surface area contributed by atoms with Crippen LogP contribution in [-0.2, 0) is 4.79 Å². The molecule has 0 aliphatic rings. The minimum atomic E-state index is -0.0131. The molecule has 1 amide bonds. The zero-order chi connectivity index (χ0) is 13.5. The Bertz CT molecular complexity index is 404. The van der Waals surface area contributed by atoms with Crippen LogP contribution in [0.15, 0.2) is 18.2 Å². The van der Waals surface area contributed by atoms with Crippen molar-refractivity contribution in [1.29, 1.82) is 0 Å². The standard InChI is InChI=1S/C14H23N3O/c1-4-8-17(5-2)10-14(18)16-13-7-6-11(3)9-12(13)15/h6-7,9H,4-5,8,10,15H2,1-3H3,(H,16,18). The number of benzene rings is 1. The smallest absolute Gasteiger partial charge is 0.238 e. The molecular weight excluding hydrogens is 226 g/mol. The number of hydrogen-bond acceptors (Lipinski definition) is 3. The van der Waals surface area contributed by atoms with Gasteiger partial charge in [-0.3, -0.25) is 9.69 Å². The normalized spacial score (nSPS) is 10.7. The number of carbonyl (C=O) groups is 1. The van der Waals surface area contributed by atoms with Crippen molar-refractivity contribution in [2.24, 2.45) is 0 Å². The van der Waals surface area contributed by atoms with Crippen molar-refractivity contribution in [2.75, 3.05) is 30.7 Å². The first-order valence-electron chi connectivity index (χ1n) is 6.45. The van der Waals surface area contributed by atoms with E-state index in [1.807, 2.05) is 25.1 Å². The summed E-state index contributed by atoms with van der Waals surface area (Å²) in [6.07, 6.45) is 1.05. The van der Waals surface area contributed by atoms with Gasteiger partial charge in [0.2, 0.25) is 5.91 Å². The van der Waals surface area contributed by atoms with Crippen molar-refractivity contribution in [2.45, 2.75) is 27.2 Å². The fraction of sp³-hybridized carbons (Fsp3) is 0.500. The largest absolute Gasteiger partial charge is 0.397 e. The molecule has 3 N–H and O–H groups in total. The lowest BCUT2D eigenvalue weighted by atomic mass is 10.2. The van der Waals surface area contributed by atoms with Crippen LogP contribution < -0.4 is 11.1 Å². The van der Waals surface area contributed by atoms with E-state index in [-0.39, 0.29) is 5.91 Å². The first-order valence-corrected chi connectivity index (χ1v) is 6.45. The van der Waals surface area contributed by atoms with Gasteiger partial charge in [0.1, 0.15) is 0 Å². The number of aryl methyl sites for hydroxylation is 1. The molecule has 4 nitrogen and oxygen atoms in total. The maximum absolute atomic E-state index is 11.9. The summed E-state index contributed by atoms with van der Waals surface area (Å²) in [6.45, 7) is 8.37. The Morgan fingerprint density at radius 2 is 2.11 bits per heavy atom. The monoisotopic (exact) mass is 249 g/mol. The Morgan fingerprint density at radius 3 is 2.67 bits per heavy atom. The molecule has 0 atom stereocenters. The van der Waals surface area contributed by atoms with E-state index in [0.29, 0.717) is 17.9 Å². The number of carbonyl (C=O) groups excluding carboxylic acids is 1. The quantitative estimate of drug-likeness (QED) is 0.760. The molecule has 1 aromatic carbocycles. The third-order valence-electron chi connectivity index (χ3n) is 2.84. The topological polar surface area (TPSA) is 58.4 Å². The molecule has 0 aliphatic carbocycles. The van der Waals surface area contributed by atoms with E-state index in [2.05, 4.69) is 24.1 Å². The van der Waals surface area contributed by atoms with Gasteiger partial charge in [-0.2, -0.15) is 0 Å². The van der Waals surface area contributed by atoms with E-state index in [0.717, 1.165) is 25.1 Å². The molecule has 0 aromatic heterocycles.